The second-order valence-corrected chi connectivity index (χ2v) is 20.5. The molecular weight excluding hydrogens is 643 g/mol. The fraction of sp³-hybridized carbons (Fsp3) is 0.875. The number of urea groups is 1. The molecule has 0 spiro atoms. The molecule has 0 aliphatic heterocycles. The van der Waals surface area contributed by atoms with Gasteiger partial charge >= 0.3 is 21.6 Å². The molecule has 0 saturated heterocycles. The van der Waals surface area contributed by atoms with Crippen LogP contribution in [0.4, 0.5) is 18.0 Å². The van der Waals surface area contributed by atoms with Gasteiger partial charge in [-0.2, -0.15) is 21.6 Å². The molecular formula is C32H50F3N3O6S2. The van der Waals surface area contributed by atoms with Crippen molar-refractivity contribution >= 4 is 31.9 Å². The van der Waals surface area contributed by atoms with E-state index in [-0.39, 0.29) is 56.7 Å². The quantitative estimate of drug-likeness (QED) is 0.341. The molecule has 4 saturated carbocycles. The summed E-state index contributed by atoms with van der Waals surface area (Å²) < 4.78 is 90.4. The maximum Gasteiger partial charge on any atom is 0.516 e. The van der Waals surface area contributed by atoms with Crippen LogP contribution in [-0.2, 0) is 24.8 Å². The Morgan fingerprint density at radius 1 is 0.891 bits per heavy atom. The molecule has 0 unspecified atom stereocenters. The van der Waals surface area contributed by atoms with Crippen LogP contribution in [-0.4, -0.2) is 52.0 Å². The van der Waals surface area contributed by atoms with Crippen molar-refractivity contribution in [3.8, 4) is 0 Å². The second-order valence-electron chi connectivity index (χ2n) is 17.1. The van der Waals surface area contributed by atoms with Crippen molar-refractivity contribution in [1.82, 2.24) is 14.8 Å². The van der Waals surface area contributed by atoms with Gasteiger partial charge in [-0.15, -0.1) is 0 Å². The molecule has 0 radical (unpaired) electrons. The lowest BCUT2D eigenvalue weighted by atomic mass is 9.33. The minimum absolute atomic E-state index is 0.0750. The number of rotatable bonds is 4. The van der Waals surface area contributed by atoms with E-state index in [0.717, 1.165) is 42.4 Å². The average Bonchev–Trinajstić information content (AvgIpc) is 2.86. The Labute approximate surface area is 271 Å². The summed E-state index contributed by atoms with van der Waals surface area (Å²) >= 11 is 0. The third kappa shape index (κ3) is 5.34. The zero-order valence-electron chi connectivity index (χ0n) is 28.2. The molecule has 5 aliphatic rings. The molecule has 46 heavy (non-hydrogen) atoms. The number of amides is 2. The number of hydrogen-bond acceptors (Lipinski definition) is 6. The Kier molecular flexibility index (Phi) is 8.07. The molecule has 9 nitrogen and oxygen atoms in total. The summed E-state index contributed by atoms with van der Waals surface area (Å²) in [6.45, 7) is 14.9. The molecule has 5 rings (SSSR count). The van der Waals surface area contributed by atoms with Gasteiger partial charge in [-0.3, -0.25) is 4.79 Å². The lowest BCUT2D eigenvalue weighted by Gasteiger charge is -2.70. The summed E-state index contributed by atoms with van der Waals surface area (Å²) in [6.07, 6.45) is 9.27. The predicted octanol–water partition coefficient (Wildman–Crippen LogP) is 5.79. The van der Waals surface area contributed by atoms with Crippen molar-refractivity contribution in [1.29, 1.82) is 0 Å². The van der Waals surface area contributed by atoms with E-state index in [1.54, 1.807) is 6.92 Å². The molecule has 262 valence electrons. The number of sulfonamides is 2. The van der Waals surface area contributed by atoms with Gasteiger partial charge in [-0.1, -0.05) is 47.1 Å². The summed E-state index contributed by atoms with van der Waals surface area (Å²) in [7, 11) is -9.27. The van der Waals surface area contributed by atoms with Gasteiger partial charge in [0.2, 0.25) is 10.0 Å². The number of ketones is 1. The Bertz CT molecular complexity index is 1580. The summed E-state index contributed by atoms with van der Waals surface area (Å²) in [4.78, 5) is 27.1. The Hall–Kier alpha value is -1.67. The maximum atomic E-state index is 14.5. The Balaban J connectivity index is 1.48. The Morgan fingerprint density at radius 3 is 2.09 bits per heavy atom. The first-order valence-corrected chi connectivity index (χ1v) is 19.7. The number of nitrogens with one attached hydrogen (secondary N) is 3. The largest absolute Gasteiger partial charge is 0.516 e. The monoisotopic (exact) mass is 693 g/mol. The lowest BCUT2D eigenvalue weighted by Crippen LogP contribution is -2.68. The fourth-order valence-electron chi connectivity index (χ4n) is 11.2. The lowest BCUT2D eigenvalue weighted by molar-refractivity contribution is -0.187. The van der Waals surface area contributed by atoms with Gasteiger partial charge in [-0.05, 0) is 110 Å². The third-order valence-electron chi connectivity index (χ3n) is 13.9. The molecule has 0 aromatic carbocycles. The van der Waals surface area contributed by atoms with Crippen LogP contribution in [0.5, 0.6) is 0 Å². The average molecular weight is 694 g/mol. The first-order chi connectivity index (χ1) is 20.6. The van der Waals surface area contributed by atoms with Crippen molar-refractivity contribution in [3.63, 3.8) is 0 Å². The van der Waals surface area contributed by atoms with E-state index in [0.29, 0.717) is 25.7 Å². The number of halogens is 3. The van der Waals surface area contributed by atoms with Crippen molar-refractivity contribution in [2.75, 3.05) is 6.26 Å². The van der Waals surface area contributed by atoms with Gasteiger partial charge in [0.15, 0.2) is 5.78 Å². The smallest absolute Gasteiger partial charge is 0.332 e. The number of alkyl halides is 3. The zero-order valence-corrected chi connectivity index (χ0v) is 29.8. The minimum Gasteiger partial charge on any atom is -0.332 e. The van der Waals surface area contributed by atoms with Crippen LogP contribution < -0.4 is 14.8 Å². The van der Waals surface area contributed by atoms with Crippen LogP contribution in [0.25, 0.3) is 0 Å². The van der Waals surface area contributed by atoms with Gasteiger partial charge < -0.3 is 5.32 Å². The zero-order chi connectivity index (χ0) is 34.7. The van der Waals surface area contributed by atoms with Crippen LogP contribution in [0.15, 0.2) is 11.6 Å². The molecule has 0 aromatic heterocycles. The molecule has 0 heterocycles. The Morgan fingerprint density at radius 2 is 1.50 bits per heavy atom. The van der Waals surface area contributed by atoms with Crippen LogP contribution in [0.2, 0.25) is 0 Å². The molecule has 5 aliphatic carbocycles. The fourth-order valence-corrected chi connectivity index (χ4v) is 12.6. The number of allylic oxidation sites excluding steroid dienone is 2. The highest BCUT2D eigenvalue weighted by Crippen LogP contribution is 2.74. The third-order valence-corrected chi connectivity index (χ3v) is 15.7. The van der Waals surface area contributed by atoms with Gasteiger partial charge in [0, 0.05) is 17.5 Å². The highest BCUT2D eigenvalue weighted by Gasteiger charge is 2.70. The van der Waals surface area contributed by atoms with E-state index in [4.69, 9.17) is 0 Å². The van der Waals surface area contributed by atoms with Gasteiger partial charge in [0.25, 0.3) is 0 Å². The van der Waals surface area contributed by atoms with Crippen molar-refractivity contribution in [2.24, 2.45) is 44.8 Å². The standard InChI is InChI=1S/C32H50F3N3O6S2/c1-26(2)22-9-12-31(7)24(29(22,5)11-10-23(26)37-45(8,41)42)21(39)17-19-20-18-28(4,15-13-27(20,3)14-16-30(19,31)6)36-25(40)38-46(43,44)32(33,34)35/h17,20,22-24,37H,9-16,18H2,1-8H3,(H2,36,38,40)/t20-,22-,23-,24+,27+,28-,29-,30+,31+/m0/s1. The van der Waals surface area contributed by atoms with E-state index in [2.05, 4.69) is 51.6 Å². The first kappa shape index (κ1) is 35.6. The van der Waals surface area contributed by atoms with Gasteiger partial charge in [0.05, 0.1) is 6.26 Å². The van der Waals surface area contributed by atoms with Crippen molar-refractivity contribution < 1.29 is 39.6 Å². The molecule has 0 aromatic rings. The van der Waals surface area contributed by atoms with E-state index in [1.165, 1.54) is 6.26 Å². The summed E-state index contributed by atoms with van der Waals surface area (Å²) in [5.41, 5.74) is -7.21. The molecule has 4 fully saturated rings. The maximum absolute atomic E-state index is 14.5. The number of hydrogen-bond donors (Lipinski definition) is 3. The SMILES string of the molecule is CC1(C)[C@@H](NS(C)(=O)=O)CC[C@]2(C)[C@H]3C(=O)C=C4[C@@H]5C[C@@](C)(NC(=O)NS(=O)(=O)C(F)(F)F)CC[C@]5(C)CC[C@@]4(C)[C@]3(C)CC[C@@H]12. The highest BCUT2D eigenvalue weighted by atomic mass is 32.2. The van der Waals surface area contributed by atoms with Gasteiger partial charge in [-0.25, -0.2) is 22.7 Å². The molecule has 14 heteroatoms. The van der Waals surface area contributed by atoms with E-state index in [1.807, 2.05) is 6.08 Å². The topological polar surface area (TPSA) is 139 Å². The van der Waals surface area contributed by atoms with E-state index >= 15 is 0 Å². The summed E-state index contributed by atoms with van der Waals surface area (Å²) in [5, 5.41) is 2.54. The highest BCUT2D eigenvalue weighted by molar-refractivity contribution is 7.90. The van der Waals surface area contributed by atoms with Gasteiger partial charge in [0.1, 0.15) is 0 Å². The van der Waals surface area contributed by atoms with E-state index in [9.17, 15) is 39.6 Å². The molecule has 0 bridgehead atoms. The second kappa shape index (κ2) is 10.4. The molecule has 9 atom stereocenters. The minimum atomic E-state index is -5.86. The number of fused-ring (bicyclic) bond motifs is 7. The predicted molar refractivity (Wildman–Crippen MR) is 168 cm³/mol. The number of carbonyl (C=O) groups excluding carboxylic acids is 2. The van der Waals surface area contributed by atoms with E-state index < -0.39 is 37.1 Å². The van der Waals surface area contributed by atoms with Crippen molar-refractivity contribution in [3.05, 3.63) is 11.6 Å². The first-order valence-electron chi connectivity index (χ1n) is 16.3. The van der Waals surface area contributed by atoms with Crippen LogP contribution in [0.3, 0.4) is 0 Å². The molecule has 2 amide bonds. The molecule has 3 N–H and O–H groups in total. The van der Waals surface area contributed by atoms with Crippen LogP contribution in [0.1, 0.15) is 106 Å². The number of carbonyl (C=O) groups is 2. The van der Waals surface area contributed by atoms with Crippen LogP contribution in [0, 0.1) is 44.8 Å². The normalized spacial score (nSPS) is 44.1. The van der Waals surface area contributed by atoms with Crippen molar-refractivity contribution in [2.45, 2.75) is 123 Å². The van der Waals surface area contributed by atoms with Crippen LogP contribution >= 0.6 is 0 Å². The summed E-state index contributed by atoms with van der Waals surface area (Å²) in [5.74, 6) is -0.202. The summed E-state index contributed by atoms with van der Waals surface area (Å²) in [6, 6.07) is -1.64.